The van der Waals surface area contributed by atoms with Crippen molar-refractivity contribution >= 4 is 11.9 Å². The molecule has 0 aliphatic carbocycles. The fraction of sp³-hybridized carbons (Fsp3) is 0.318. The lowest BCUT2D eigenvalue weighted by molar-refractivity contribution is 0.104. The fourth-order valence-electron chi connectivity index (χ4n) is 2.99. The van der Waals surface area contributed by atoms with Gasteiger partial charge in [0.15, 0.2) is 40.3 Å². The third-order valence-electron chi connectivity index (χ3n) is 4.39. The second kappa shape index (κ2) is 10.3. The van der Waals surface area contributed by atoms with Gasteiger partial charge in [-0.2, -0.15) is 0 Å². The Morgan fingerprint density at radius 1 is 0.633 bits per heavy atom. The number of ketones is 1. The number of allylic oxidation sites excluding steroid dienone is 1. The summed E-state index contributed by atoms with van der Waals surface area (Å²) in [6.45, 7) is 0. The van der Waals surface area contributed by atoms with Crippen molar-refractivity contribution in [3.05, 3.63) is 35.4 Å². The van der Waals surface area contributed by atoms with Gasteiger partial charge in [-0.3, -0.25) is 4.79 Å². The Labute approximate surface area is 175 Å². The molecule has 0 aliphatic rings. The molecule has 162 valence electrons. The van der Waals surface area contributed by atoms with Crippen molar-refractivity contribution < 1.29 is 38.0 Å². The number of benzene rings is 2. The summed E-state index contributed by atoms with van der Waals surface area (Å²) >= 11 is 0. The second-order valence-corrected chi connectivity index (χ2v) is 5.87. The normalized spacial score (nSPS) is 10.5. The lowest BCUT2D eigenvalue weighted by Gasteiger charge is -2.17. The molecule has 8 nitrogen and oxygen atoms in total. The third-order valence-corrected chi connectivity index (χ3v) is 4.39. The average molecular weight is 418 g/mol. The maximum absolute atomic E-state index is 13.2. The zero-order chi connectivity index (χ0) is 22.3. The van der Waals surface area contributed by atoms with Crippen molar-refractivity contribution in [3.8, 4) is 40.2 Å². The van der Waals surface area contributed by atoms with Gasteiger partial charge < -0.3 is 33.2 Å². The largest absolute Gasteiger partial charge is 0.497 e. The van der Waals surface area contributed by atoms with Crippen LogP contribution in [0.15, 0.2) is 24.3 Å². The van der Waals surface area contributed by atoms with E-state index in [1.165, 1.54) is 55.8 Å². The Morgan fingerprint density at radius 3 is 1.57 bits per heavy atom. The molecule has 0 bridgehead atoms. The van der Waals surface area contributed by atoms with Crippen LogP contribution in [-0.2, 0) is 0 Å². The number of hydrogen-bond donors (Lipinski definition) is 0. The summed E-state index contributed by atoms with van der Waals surface area (Å²) in [5.74, 6) is 2.26. The van der Waals surface area contributed by atoms with Gasteiger partial charge in [-0.25, -0.2) is 0 Å². The van der Waals surface area contributed by atoms with Gasteiger partial charge in [-0.1, -0.05) is 0 Å². The minimum absolute atomic E-state index is 0.168. The van der Waals surface area contributed by atoms with E-state index in [2.05, 4.69) is 0 Å². The highest BCUT2D eigenvalue weighted by molar-refractivity contribution is 6.11. The molecule has 0 saturated carbocycles. The molecule has 2 aromatic rings. The lowest BCUT2D eigenvalue weighted by atomic mass is 10.0. The Bertz CT molecular complexity index is 903. The monoisotopic (exact) mass is 418 g/mol. The SMILES string of the molecule is COc1cc(C=CC(=O)c2c(OC)c(OC)cc(OC)c2OC)c(OC)c(OC)c1. The van der Waals surface area contributed by atoms with E-state index < -0.39 is 0 Å². The summed E-state index contributed by atoms with van der Waals surface area (Å²) in [6, 6.07) is 5.01. The van der Waals surface area contributed by atoms with Gasteiger partial charge >= 0.3 is 0 Å². The number of hydrogen-bond acceptors (Lipinski definition) is 8. The summed E-state index contributed by atoms with van der Waals surface area (Å²) in [5.41, 5.74) is 0.760. The van der Waals surface area contributed by atoms with Crippen LogP contribution in [0.3, 0.4) is 0 Å². The van der Waals surface area contributed by atoms with E-state index in [1.807, 2.05) is 0 Å². The molecule has 8 heteroatoms. The van der Waals surface area contributed by atoms with Gasteiger partial charge in [0.2, 0.25) is 0 Å². The topological polar surface area (TPSA) is 81.7 Å². The quantitative estimate of drug-likeness (QED) is 0.427. The zero-order valence-electron chi connectivity index (χ0n) is 18.2. The first kappa shape index (κ1) is 22.7. The summed E-state index contributed by atoms with van der Waals surface area (Å²) in [6.07, 6.45) is 2.97. The summed E-state index contributed by atoms with van der Waals surface area (Å²) in [7, 11) is 10.4. The van der Waals surface area contributed by atoms with Crippen LogP contribution in [0.25, 0.3) is 6.08 Å². The van der Waals surface area contributed by atoms with Gasteiger partial charge in [0.1, 0.15) is 11.3 Å². The molecule has 0 N–H and O–H groups in total. The number of methoxy groups -OCH3 is 7. The van der Waals surface area contributed by atoms with Crippen LogP contribution in [0.4, 0.5) is 0 Å². The van der Waals surface area contributed by atoms with Crippen molar-refractivity contribution in [2.45, 2.75) is 0 Å². The summed E-state index contributed by atoms with van der Waals surface area (Å²) in [5, 5.41) is 0. The van der Waals surface area contributed by atoms with Crippen molar-refractivity contribution in [2.24, 2.45) is 0 Å². The van der Waals surface area contributed by atoms with E-state index >= 15 is 0 Å². The maximum Gasteiger partial charge on any atom is 0.193 e. The van der Waals surface area contributed by atoms with Crippen LogP contribution in [-0.4, -0.2) is 55.6 Å². The number of rotatable bonds is 10. The first-order valence-corrected chi connectivity index (χ1v) is 8.88. The summed E-state index contributed by atoms with van der Waals surface area (Å²) < 4.78 is 37.6. The molecule has 30 heavy (non-hydrogen) atoms. The van der Waals surface area contributed by atoms with Crippen molar-refractivity contribution in [1.82, 2.24) is 0 Å². The van der Waals surface area contributed by atoms with E-state index in [0.29, 0.717) is 34.3 Å². The van der Waals surface area contributed by atoms with E-state index in [9.17, 15) is 4.79 Å². The van der Waals surface area contributed by atoms with E-state index in [-0.39, 0.29) is 22.8 Å². The molecule has 0 amide bonds. The van der Waals surface area contributed by atoms with Crippen LogP contribution < -0.4 is 33.2 Å². The molecular formula is C22H26O8. The van der Waals surface area contributed by atoms with E-state index in [0.717, 1.165) is 0 Å². The van der Waals surface area contributed by atoms with Gasteiger partial charge in [-0.05, 0) is 18.2 Å². The smallest absolute Gasteiger partial charge is 0.193 e. The standard InChI is InChI=1S/C22H26O8/c1-24-14-10-13(20(28-5)16(11-14)25-2)8-9-15(23)19-21(29-6)17(26-3)12-18(27-4)22(19)30-7/h8-12H,1-7H3. The Hall–Kier alpha value is -3.55. The van der Waals surface area contributed by atoms with Crippen molar-refractivity contribution in [3.63, 3.8) is 0 Å². The molecule has 2 rings (SSSR count). The van der Waals surface area contributed by atoms with Gasteiger partial charge in [0.05, 0.1) is 49.8 Å². The highest BCUT2D eigenvalue weighted by Crippen LogP contribution is 2.45. The van der Waals surface area contributed by atoms with Gasteiger partial charge in [0, 0.05) is 17.7 Å². The third kappa shape index (κ3) is 4.37. The lowest BCUT2D eigenvalue weighted by Crippen LogP contribution is -2.06. The van der Waals surface area contributed by atoms with Crippen LogP contribution in [0.2, 0.25) is 0 Å². The molecule has 0 spiro atoms. The first-order chi connectivity index (χ1) is 14.5. The molecule has 0 unspecified atom stereocenters. The molecule has 0 saturated heterocycles. The second-order valence-electron chi connectivity index (χ2n) is 5.87. The Balaban J connectivity index is 2.61. The number of carbonyl (C=O) groups excluding carboxylic acids is 1. The predicted octanol–water partition coefficient (Wildman–Crippen LogP) is 3.64. The average Bonchev–Trinajstić information content (AvgIpc) is 2.79. The van der Waals surface area contributed by atoms with E-state index in [4.69, 9.17) is 33.2 Å². The number of ether oxygens (including phenoxy) is 7. The van der Waals surface area contributed by atoms with Crippen LogP contribution in [0, 0.1) is 0 Å². The fourth-order valence-corrected chi connectivity index (χ4v) is 2.99. The van der Waals surface area contributed by atoms with Crippen LogP contribution in [0.5, 0.6) is 40.2 Å². The number of carbonyl (C=O) groups is 1. The molecular weight excluding hydrogens is 392 g/mol. The van der Waals surface area contributed by atoms with Crippen LogP contribution >= 0.6 is 0 Å². The molecule has 0 radical (unpaired) electrons. The van der Waals surface area contributed by atoms with Crippen molar-refractivity contribution in [2.75, 3.05) is 49.8 Å². The molecule has 0 aliphatic heterocycles. The molecule has 0 heterocycles. The molecule has 0 aromatic heterocycles. The molecule has 0 fully saturated rings. The maximum atomic E-state index is 13.2. The Kier molecular flexibility index (Phi) is 7.80. The van der Waals surface area contributed by atoms with Crippen LogP contribution in [0.1, 0.15) is 15.9 Å². The predicted molar refractivity (Wildman–Crippen MR) is 112 cm³/mol. The first-order valence-electron chi connectivity index (χ1n) is 8.88. The Morgan fingerprint density at radius 2 is 1.13 bits per heavy atom. The molecule has 0 atom stereocenters. The minimum Gasteiger partial charge on any atom is -0.497 e. The van der Waals surface area contributed by atoms with E-state index in [1.54, 1.807) is 24.3 Å². The highest BCUT2D eigenvalue weighted by atomic mass is 16.5. The molecule has 2 aromatic carbocycles. The van der Waals surface area contributed by atoms with Gasteiger partial charge in [0.25, 0.3) is 0 Å². The highest BCUT2D eigenvalue weighted by Gasteiger charge is 2.25. The van der Waals surface area contributed by atoms with Gasteiger partial charge in [-0.15, -0.1) is 0 Å². The zero-order valence-corrected chi connectivity index (χ0v) is 18.2. The summed E-state index contributed by atoms with van der Waals surface area (Å²) in [4.78, 5) is 13.2. The minimum atomic E-state index is -0.385. The van der Waals surface area contributed by atoms with Crippen molar-refractivity contribution in [1.29, 1.82) is 0 Å².